The zero-order valence-electron chi connectivity index (χ0n) is 25.2. The van der Waals surface area contributed by atoms with Gasteiger partial charge in [-0.3, -0.25) is 14.7 Å². The molecule has 49 heavy (non-hydrogen) atoms. The Kier molecular flexibility index (Phi) is 10.7. The van der Waals surface area contributed by atoms with E-state index < -0.39 is 46.8 Å². The third kappa shape index (κ3) is 8.26. The Morgan fingerprint density at radius 2 is 1.69 bits per heavy atom. The summed E-state index contributed by atoms with van der Waals surface area (Å²) < 4.78 is 81.6. The van der Waals surface area contributed by atoms with Crippen LogP contribution in [0.3, 0.4) is 0 Å². The lowest BCUT2D eigenvalue weighted by atomic mass is 9.84. The minimum absolute atomic E-state index is 0.118. The molecule has 0 spiro atoms. The number of pyridine rings is 1. The minimum atomic E-state index is -4.21. The maximum Gasteiger partial charge on any atom is 0.323 e. The number of aromatic nitrogens is 3. The highest BCUT2D eigenvalue weighted by Gasteiger charge is 2.57. The van der Waals surface area contributed by atoms with E-state index in [4.69, 9.17) is 22.2 Å². The van der Waals surface area contributed by atoms with Crippen LogP contribution in [0.4, 0.5) is 22.0 Å². The van der Waals surface area contributed by atoms with Gasteiger partial charge in [0.1, 0.15) is 41.8 Å². The fraction of sp³-hybridized carbons (Fsp3) is 0.147. The van der Waals surface area contributed by atoms with Crippen LogP contribution in [0.25, 0.3) is 0 Å². The summed E-state index contributed by atoms with van der Waals surface area (Å²) in [6.45, 7) is -0.736. The van der Waals surface area contributed by atoms with Gasteiger partial charge in [-0.25, -0.2) is 13.2 Å². The van der Waals surface area contributed by atoms with E-state index in [1.165, 1.54) is 23.0 Å². The highest BCUT2D eigenvalue weighted by Crippen LogP contribution is 2.46. The number of benzene rings is 3. The molecule has 15 heteroatoms. The first-order valence-electron chi connectivity index (χ1n) is 14.3. The quantitative estimate of drug-likeness (QED) is 0.0303. The third-order valence-electron chi connectivity index (χ3n) is 7.16. The standard InChI is InChI=1S/C34H25ClF5N7O2/c35-26-16-45-47(18-26)17-25-7-3-24(13-30(25)37)19-49-28-9-4-22(5-10-28)1-2-23-6-12-32(43-15-23)34(39,40)33(48,20-42-21-44-46-41)29-11-8-27(36)14-31(29)38/h3-16,18,21,48H,17,19-20H2,(H2,41,42,44). The molecule has 0 aliphatic rings. The molecule has 0 aliphatic carbocycles. The molecule has 3 N–H and O–H groups in total. The molecule has 5 rings (SSSR count). The SMILES string of the molecule is NN=NC=NCC(O)(c1ccc(F)cc1F)C(F)(F)c1ccc(C#Cc2ccc(OCc3ccc(Cn4cc(Cl)cn4)c(F)c3)cc2)cn1. The fourth-order valence-electron chi connectivity index (χ4n) is 4.64. The van der Waals surface area contributed by atoms with Gasteiger partial charge in [-0.15, -0.1) is 5.11 Å². The van der Waals surface area contributed by atoms with Crippen LogP contribution in [-0.4, -0.2) is 32.8 Å². The summed E-state index contributed by atoms with van der Waals surface area (Å²) >= 11 is 5.86. The molecular formula is C34H25ClF5N7O2. The molecule has 5 aromatic rings. The summed E-state index contributed by atoms with van der Waals surface area (Å²) in [5.74, 6) is 4.01. The van der Waals surface area contributed by atoms with Gasteiger partial charge in [0.15, 0.2) is 5.60 Å². The molecule has 0 saturated heterocycles. The van der Waals surface area contributed by atoms with Gasteiger partial charge in [-0.2, -0.15) is 13.9 Å². The number of alkyl halides is 2. The van der Waals surface area contributed by atoms with Gasteiger partial charge in [0.2, 0.25) is 0 Å². The molecule has 0 bridgehead atoms. The Balaban J connectivity index is 1.24. The maximum atomic E-state index is 15.8. The van der Waals surface area contributed by atoms with Crippen molar-refractivity contribution in [3.8, 4) is 17.6 Å². The number of ether oxygens (including phenoxy) is 1. The second kappa shape index (κ2) is 15.1. The lowest BCUT2D eigenvalue weighted by Gasteiger charge is -2.34. The molecule has 0 fully saturated rings. The first-order chi connectivity index (χ1) is 23.5. The number of hydrogen-bond donors (Lipinski definition) is 2. The van der Waals surface area contributed by atoms with Crippen molar-refractivity contribution in [2.24, 2.45) is 21.2 Å². The fourth-order valence-corrected chi connectivity index (χ4v) is 4.79. The van der Waals surface area contributed by atoms with Gasteiger partial charge in [0.05, 0.1) is 24.3 Å². The van der Waals surface area contributed by atoms with Crippen LogP contribution in [-0.2, 0) is 24.7 Å². The average molecular weight is 694 g/mol. The molecule has 250 valence electrons. The van der Waals surface area contributed by atoms with Crippen LogP contribution < -0.4 is 10.6 Å². The topological polar surface area (TPSA) is 123 Å². The summed E-state index contributed by atoms with van der Waals surface area (Å²) in [6.07, 6.45) is 4.84. The maximum absolute atomic E-state index is 15.8. The molecule has 0 radical (unpaired) electrons. The highest BCUT2D eigenvalue weighted by molar-refractivity contribution is 6.30. The Morgan fingerprint density at radius 3 is 2.35 bits per heavy atom. The van der Waals surface area contributed by atoms with Gasteiger partial charge in [0, 0.05) is 40.7 Å². The largest absolute Gasteiger partial charge is 0.489 e. The van der Waals surface area contributed by atoms with Crippen LogP contribution in [0.1, 0.15) is 33.5 Å². The van der Waals surface area contributed by atoms with Crippen LogP contribution in [0.5, 0.6) is 5.75 Å². The number of halogens is 6. The van der Waals surface area contributed by atoms with Crippen LogP contribution >= 0.6 is 11.6 Å². The van der Waals surface area contributed by atoms with E-state index in [0.717, 1.165) is 18.3 Å². The predicted molar refractivity (Wildman–Crippen MR) is 170 cm³/mol. The van der Waals surface area contributed by atoms with Crippen LogP contribution in [0.15, 0.2) is 107 Å². The minimum Gasteiger partial charge on any atom is -0.489 e. The first-order valence-corrected chi connectivity index (χ1v) is 14.7. The van der Waals surface area contributed by atoms with E-state index in [0.29, 0.717) is 45.9 Å². The van der Waals surface area contributed by atoms with Crippen molar-refractivity contribution in [1.29, 1.82) is 0 Å². The number of rotatable bonds is 11. The number of nitrogens with two attached hydrogens (primary N) is 1. The average Bonchev–Trinajstić information content (AvgIpc) is 3.50. The molecule has 1 atom stereocenters. The van der Waals surface area contributed by atoms with E-state index >= 15 is 8.78 Å². The van der Waals surface area contributed by atoms with Crippen molar-refractivity contribution in [2.45, 2.75) is 24.7 Å². The highest BCUT2D eigenvalue weighted by atomic mass is 35.5. The van der Waals surface area contributed by atoms with Crippen molar-refractivity contribution in [3.63, 3.8) is 0 Å². The van der Waals surface area contributed by atoms with E-state index in [1.54, 1.807) is 42.6 Å². The van der Waals surface area contributed by atoms with E-state index in [9.17, 15) is 18.3 Å². The molecule has 2 heterocycles. The Morgan fingerprint density at radius 1 is 0.939 bits per heavy atom. The third-order valence-corrected chi connectivity index (χ3v) is 7.36. The molecule has 2 aromatic heterocycles. The lowest BCUT2D eigenvalue weighted by molar-refractivity contribution is -0.193. The van der Waals surface area contributed by atoms with E-state index in [-0.39, 0.29) is 18.7 Å². The van der Waals surface area contributed by atoms with Gasteiger partial charge in [-0.05, 0) is 60.2 Å². The number of aliphatic imine (C=N–C) groups is 1. The first kappa shape index (κ1) is 34.7. The summed E-state index contributed by atoms with van der Waals surface area (Å²) in [5, 5.41) is 21.7. The number of aliphatic hydroxyl groups is 1. The number of nitrogens with zero attached hydrogens (tertiary/aromatic N) is 6. The van der Waals surface area contributed by atoms with Crippen molar-refractivity contribution in [2.75, 3.05) is 6.54 Å². The molecule has 0 saturated carbocycles. The summed E-state index contributed by atoms with van der Waals surface area (Å²) in [5.41, 5.74) is -3.21. The van der Waals surface area contributed by atoms with E-state index in [1.807, 2.05) is 0 Å². The lowest BCUT2D eigenvalue weighted by Crippen LogP contribution is -2.47. The number of hydrogen-bond acceptors (Lipinski definition) is 6. The Bertz CT molecular complexity index is 2040. The normalized spacial score (nSPS) is 13.0. The Hall–Kier alpha value is -5.65. The zero-order valence-corrected chi connectivity index (χ0v) is 26.0. The van der Waals surface area contributed by atoms with Crippen molar-refractivity contribution in [1.82, 2.24) is 14.8 Å². The molecule has 9 nitrogen and oxygen atoms in total. The van der Waals surface area contributed by atoms with Crippen LogP contribution in [0, 0.1) is 29.3 Å². The predicted octanol–water partition coefficient (Wildman–Crippen LogP) is 6.71. The molecule has 3 aromatic carbocycles. The van der Waals surface area contributed by atoms with Gasteiger partial charge < -0.3 is 15.7 Å². The van der Waals surface area contributed by atoms with Gasteiger partial charge >= 0.3 is 5.92 Å². The van der Waals surface area contributed by atoms with Crippen molar-refractivity contribution < 1.29 is 31.8 Å². The summed E-state index contributed by atoms with van der Waals surface area (Å²) in [4.78, 5) is 7.33. The monoisotopic (exact) mass is 693 g/mol. The zero-order chi connectivity index (χ0) is 35.0. The van der Waals surface area contributed by atoms with Crippen molar-refractivity contribution >= 4 is 17.9 Å². The summed E-state index contributed by atoms with van der Waals surface area (Å²) in [6, 6.07) is 15.5. The van der Waals surface area contributed by atoms with Gasteiger partial charge in [-0.1, -0.05) is 40.8 Å². The molecule has 0 amide bonds. The molecule has 0 aliphatic heterocycles. The van der Waals surface area contributed by atoms with Gasteiger partial charge in [0.25, 0.3) is 0 Å². The second-order valence-corrected chi connectivity index (χ2v) is 11.0. The Labute approximate surface area is 281 Å². The second-order valence-electron chi connectivity index (χ2n) is 10.5. The molecule has 1 unspecified atom stereocenters. The van der Waals surface area contributed by atoms with Crippen molar-refractivity contribution in [3.05, 3.63) is 147 Å². The smallest absolute Gasteiger partial charge is 0.323 e. The molecular weight excluding hydrogens is 669 g/mol. The van der Waals surface area contributed by atoms with Crippen LogP contribution in [0.2, 0.25) is 5.02 Å². The van der Waals surface area contributed by atoms with E-state index in [2.05, 4.69) is 37.3 Å². The summed E-state index contributed by atoms with van der Waals surface area (Å²) in [7, 11) is 0.